The molecule has 0 saturated carbocycles. The molecule has 1 amide bonds. The average Bonchev–Trinajstić information content (AvgIpc) is 3.09. The van der Waals surface area contributed by atoms with E-state index in [0.29, 0.717) is 15.8 Å². The Morgan fingerprint density at radius 2 is 2.00 bits per heavy atom. The molecule has 126 valence electrons. The summed E-state index contributed by atoms with van der Waals surface area (Å²) in [7, 11) is 0. The van der Waals surface area contributed by atoms with E-state index in [-0.39, 0.29) is 5.69 Å². The van der Waals surface area contributed by atoms with Crippen LogP contribution < -0.4 is 5.32 Å². The number of halogens is 1. The van der Waals surface area contributed by atoms with Crippen molar-refractivity contribution in [1.82, 2.24) is 15.0 Å². The molecular formula is C16H11ClN4O3S. The van der Waals surface area contributed by atoms with Crippen LogP contribution in [0.5, 0.6) is 0 Å². The second-order valence-electron chi connectivity index (χ2n) is 4.76. The quantitative estimate of drug-likeness (QED) is 0.690. The molecule has 0 aliphatic carbocycles. The minimum Gasteiger partial charge on any atom is -0.451 e. The van der Waals surface area contributed by atoms with Crippen LogP contribution >= 0.6 is 22.9 Å². The summed E-state index contributed by atoms with van der Waals surface area (Å²) in [4.78, 5) is 35.4. The predicted octanol–water partition coefficient (Wildman–Crippen LogP) is 3.05. The molecule has 0 spiro atoms. The molecule has 0 bridgehead atoms. The van der Waals surface area contributed by atoms with Gasteiger partial charge < -0.3 is 4.74 Å². The standard InChI is InChI=1S/C16H11ClN4O3S/c17-11-3-1-10(2-4-11)13-9-25-16(20-13)21-14(22)8-24-15(23)12-7-18-5-6-19-12/h1-7,9H,8H2,(H,20,21,22). The van der Waals surface area contributed by atoms with Crippen molar-refractivity contribution in [2.24, 2.45) is 0 Å². The number of hydrogen-bond acceptors (Lipinski definition) is 7. The summed E-state index contributed by atoms with van der Waals surface area (Å²) in [5.74, 6) is -1.21. The van der Waals surface area contributed by atoms with E-state index in [4.69, 9.17) is 16.3 Å². The van der Waals surface area contributed by atoms with Crippen molar-refractivity contribution < 1.29 is 14.3 Å². The SMILES string of the molecule is O=C(COC(=O)c1cnccn1)Nc1nc(-c2ccc(Cl)cc2)cs1. The average molecular weight is 375 g/mol. The number of carbonyl (C=O) groups is 2. The Bertz CT molecular complexity index is 884. The maximum absolute atomic E-state index is 11.9. The van der Waals surface area contributed by atoms with Crippen LogP contribution in [0.3, 0.4) is 0 Å². The first kappa shape index (κ1) is 17.0. The number of thiazole rings is 1. The van der Waals surface area contributed by atoms with Gasteiger partial charge in [-0.3, -0.25) is 15.1 Å². The van der Waals surface area contributed by atoms with Crippen LogP contribution in [0.4, 0.5) is 5.13 Å². The summed E-state index contributed by atoms with van der Waals surface area (Å²) in [6.45, 7) is -0.439. The van der Waals surface area contributed by atoms with Crippen molar-refractivity contribution in [3.63, 3.8) is 0 Å². The van der Waals surface area contributed by atoms with Crippen LogP contribution in [-0.2, 0) is 9.53 Å². The minimum absolute atomic E-state index is 0.0366. The number of amides is 1. The summed E-state index contributed by atoms with van der Waals surface area (Å²) in [6, 6.07) is 7.21. The zero-order chi connectivity index (χ0) is 17.6. The first-order valence-electron chi connectivity index (χ1n) is 7.06. The van der Waals surface area contributed by atoms with Crippen molar-refractivity contribution in [3.05, 3.63) is 59.0 Å². The third kappa shape index (κ3) is 4.59. The summed E-state index contributed by atoms with van der Waals surface area (Å²) >= 11 is 7.12. The van der Waals surface area contributed by atoms with Gasteiger partial charge in [-0.2, -0.15) is 0 Å². The molecular weight excluding hydrogens is 364 g/mol. The van der Waals surface area contributed by atoms with E-state index in [1.165, 1.54) is 29.9 Å². The normalized spacial score (nSPS) is 10.3. The minimum atomic E-state index is -0.718. The van der Waals surface area contributed by atoms with E-state index < -0.39 is 18.5 Å². The highest BCUT2D eigenvalue weighted by atomic mass is 35.5. The Labute approximate surface area is 151 Å². The third-order valence-corrected chi connectivity index (χ3v) is 4.01. The lowest BCUT2D eigenvalue weighted by atomic mass is 10.2. The Balaban J connectivity index is 1.55. The number of rotatable bonds is 5. The molecule has 0 saturated heterocycles. The van der Waals surface area contributed by atoms with Gasteiger partial charge in [-0.05, 0) is 12.1 Å². The molecule has 3 rings (SSSR count). The molecule has 0 fully saturated rings. The van der Waals surface area contributed by atoms with Crippen LogP contribution in [0.15, 0.2) is 48.2 Å². The highest BCUT2D eigenvalue weighted by molar-refractivity contribution is 7.14. The Morgan fingerprint density at radius 1 is 1.20 bits per heavy atom. The van der Waals surface area contributed by atoms with Gasteiger partial charge in [0.2, 0.25) is 0 Å². The van der Waals surface area contributed by atoms with E-state index >= 15 is 0 Å². The number of nitrogens with zero attached hydrogens (tertiary/aromatic N) is 3. The van der Waals surface area contributed by atoms with Gasteiger partial charge in [0.25, 0.3) is 5.91 Å². The molecule has 2 heterocycles. The van der Waals surface area contributed by atoms with Crippen LogP contribution in [-0.4, -0.2) is 33.4 Å². The van der Waals surface area contributed by atoms with Gasteiger partial charge in [0.15, 0.2) is 17.4 Å². The highest BCUT2D eigenvalue weighted by Crippen LogP contribution is 2.25. The molecule has 0 aliphatic heterocycles. The zero-order valence-corrected chi connectivity index (χ0v) is 14.3. The molecule has 2 aromatic heterocycles. The second-order valence-corrected chi connectivity index (χ2v) is 6.05. The fourth-order valence-corrected chi connectivity index (χ4v) is 2.71. The number of carbonyl (C=O) groups excluding carboxylic acids is 2. The van der Waals surface area contributed by atoms with Crippen molar-refractivity contribution in [3.8, 4) is 11.3 Å². The van der Waals surface area contributed by atoms with Gasteiger partial charge in [-0.25, -0.2) is 14.8 Å². The molecule has 3 aromatic rings. The van der Waals surface area contributed by atoms with E-state index in [1.54, 1.807) is 12.1 Å². The second kappa shape index (κ2) is 7.82. The molecule has 1 N–H and O–H groups in total. The number of esters is 1. The molecule has 0 atom stereocenters. The number of benzene rings is 1. The summed E-state index contributed by atoms with van der Waals surface area (Å²) in [5, 5.41) is 5.43. The largest absolute Gasteiger partial charge is 0.451 e. The summed E-state index contributed by atoms with van der Waals surface area (Å²) < 4.78 is 4.88. The molecule has 25 heavy (non-hydrogen) atoms. The Morgan fingerprint density at radius 3 is 2.72 bits per heavy atom. The molecule has 0 radical (unpaired) electrons. The summed E-state index contributed by atoms with van der Waals surface area (Å²) in [6.07, 6.45) is 4.06. The molecule has 0 unspecified atom stereocenters. The van der Waals surface area contributed by atoms with E-state index in [1.807, 2.05) is 17.5 Å². The number of aromatic nitrogens is 3. The smallest absolute Gasteiger partial charge is 0.359 e. The van der Waals surface area contributed by atoms with E-state index in [9.17, 15) is 9.59 Å². The molecule has 9 heteroatoms. The lowest BCUT2D eigenvalue weighted by Gasteiger charge is -2.03. The van der Waals surface area contributed by atoms with Crippen LogP contribution in [0.2, 0.25) is 5.02 Å². The fraction of sp³-hybridized carbons (Fsp3) is 0.0625. The first-order chi connectivity index (χ1) is 12.1. The van der Waals surface area contributed by atoms with Gasteiger partial charge in [-0.1, -0.05) is 23.7 Å². The van der Waals surface area contributed by atoms with E-state index in [0.717, 1.165) is 5.56 Å². The molecule has 0 aliphatic rings. The van der Waals surface area contributed by atoms with Crippen molar-refractivity contribution >= 4 is 39.9 Å². The fourth-order valence-electron chi connectivity index (χ4n) is 1.85. The summed E-state index contributed by atoms with van der Waals surface area (Å²) in [5.41, 5.74) is 1.64. The highest BCUT2D eigenvalue weighted by Gasteiger charge is 2.13. The Kier molecular flexibility index (Phi) is 5.32. The molecule has 7 nitrogen and oxygen atoms in total. The van der Waals surface area contributed by atoms with Gasteiger partial charge in [0.05, 0.1) is 11.9 Å². The van der Waals surface area contributed by atoms with Gasteiger partial charge in [0, 0.05) is 28.4 Å². The van der Waals surface area contributed by atoms with Crippen LogP contribution in [0.25, 0.3) is 11.3 Å². The number of hydrogen-bond donors (Lipinski definition) is 1. The van der Waals surface area contributed by atoms with E-state index in [2.05, 4.69) is 20.3 Å². The van der Waals surface area contributed by atoms with Gasteiger partial charge >= 0.3 is 5.97 Å². The lowest BCUT2D eigenvalue weighted by molar-refractivity contribution is -0.119. The maximum atomic E-state index is 11.9. The van der Waals surface area contributed by atoms with Crippen LogP contribution in [0.1, 0.15) is 10.5 Å². The molecule has 1 aromatic carbocycles. The monoisotopic (exact) mass is 374 g/mol. The van der Waals surface area contributed by atoms with Crippen molar-refractivity contribution in [2.45, 2.75) is 0 Å². The topological polar surface area (TPSA) is 94.1 Å². The Hall–Kier alpha value is -2.84. The number of anilines is 1. The van der Waals surface area contributed by atoms with Gasteiger partial charge in [0.1, 0.15) is 0 Å². The zero-order valence-electron chi connectivity index (χ0n) is 12.7. The van der Waals surface area contributed by atoms with Gasteiger partial charge in [-0.15, -0.1) is 11.3 Å². The lowest BCUT2D eigenvalue weighted by Crippen LogP contribution is -2.21. The maximum Gasteiger partial charge on any atom is 0.359 e. The number of ether oxygens (including phenoxy) is 1. The van der Waals surface area contributed by atoms with Crippen molar-refractivity contribution in [2.75, 3.05) is 11.9 Å². The van der Waals surface area contributed by atoms with Crippen molar-refractivity contribution in [1.29, 1.82) is 0 Å². The number of nitrogens with one attached hydrogen (secondary N) is 1. The van der Waals surface area contributed by atoms with Crippen LogP contribution in [0, 0.1) is 0 Å². The predicted molar refractivity (Wildman–Crippen MR) is 93.5 cm³/mol. The first-order valence-corrected chi connectivity index (χ1v) is 8.32. The third-order valence-electron chi connectivity index (χ3n) is 3.00.